The van der Waals surface area contributed by atoms with E-state index in [1.54, 1.807) is 0 Å². The van der Waals surface area contributed by atoms with Crippen molar-refractivity contribution in [2.24, 2.45) is 0 Å². The van der Waals surface area contributed by atoms with Gasteiger partial charge in [0.2, 0.25) is 0 Å². The van der Waals surface area contributed by atoms with E-state index < -0.39 is 17.7 Å². The number of unbranched alkanes of at least 4 members (excludes halogenated alkanes) is 1. The number of hydrogen-bond donors (Lipinski definition) is 1. The van der Waals surface area contributed by atoms with Crippen LogP contribution < -0.4 is 0 Å². The second-order valence-corrected chi connectivity index (χ2v) is 3.92. The lowest BCUT2D eigenvalue weighted by Gasteiger charge is -2.12. The van der Waals surface area contributed by atoms with Crippen molar-refractivity contribution in [3.63, 3.8) is 0 Å². The van der Waals surface area contributed by atoms with Crippen molar-refractivity contribution < 1.29 is 14.3 Å². The first-order valence-electron chi connectivity index (χ1n) is 5.52. The average molecular weight is 235 g/mol. The number of carbonyl (C=O) groups is 1. The Balaban J connectivity index is 3.05. The summed E-state index contributed by atoms with van der Waals surface area (Å²) >= 11 is 0. The highest BCUT2D eigenvalue weighted by atomic mass is 19.1. The molecule has 0 saturated heterocycles. The number of aliphatic carboxylic acids is 1. The summed E-state index contributed by atoms with van der Waals surface area (Å²) in [5.41, 5.74) is 0.519. The Morgan fingerprint density at radius 3 is 2.76 bits per heavy atom. The Morgan fingerprint density at radius 1 is 1.53 bits per heavy atom. The third kappa shape index (κ3) is 3.56. The van der Waals surface area contributed by atoms with Crippen molar-refractivity contribution in [3.8, 4) is 6.07 Å². The van der Waals surface area contributed by atoms with E-state index in [9.17, 15) is 9.18 Å². The minimum Gasteiger partial charge on any atom is -0.481 e. The molecule has 0 bridgehead atoms. The number of benzene rings is 1. The lowest BCUT2D eigenvalue weighted by Crippen LogP contribution is -2.12. The van der Waals surface area contributed by atoms with E-state index >= 15 is 0 Å². The van der Waals surface area contributed by atoms with Crippen LogP contribution in [0.25, 0.3) is 0 Å². The molecule has 0 spiro atoms. The fourth-order valence-corrected chi connectivity index (χ4v) is 1.72. The molecule has 0 heterocycles. The Hall–Kier alpha value is -1.89. The van der Waals surface area contributed by atoms with Gasteiger partial charge in [0, 0.05) is 0 Å². The smallest absolute Gasteiger partial charge is 0.310 e. The second-order valence-electron chi connectivity index (χ2n) is 3.92. The van der Waals surface area contributed by atoms with E-state index in [0.717, 1.165) is 18.9 Å². The van der Waals surface area contributed by atoms with Gasteiger partial charge in [-0.05, 0) is 30.2 Å². The molecule has 0 amide bonds. The lowest BCUT2D eigenvalue weighted by molar-refractivity contribution is -0.139. The normalized spacial score (nSPS) is 11.8. The molecule has 17 heavy (non-hydrogen) atoms. The summed E-state index contributed by atoms with van der Waals surface area (Å²) in [6.45, 7) is 1.96. The fraction of sp³-hybridized carbons (Fsp3) is 0.385. The summed E-state index contributed by atoms with van der Waals surface area (Å²) in [5, 5.41) is 17.8. The van der Waals surface area contributed by atoms with E-state index in [-0.39, 0.29) is 5.56 Å². The maximum atomic E-state index is 13.2. The van der Waals surface area contributed by atoms with Crippen molar-refractivity contribution in [3.05, 3.63) is 35.1 Å². The monoisotopic (exact) mass is 235 g/mol. The predicted octanol–water partition coefficient (Wildman–Crippen LogP) is 3.06. The van der Waals surface area contributed by atoms with Gasteiger partial charge in [-0.1, -0.05) is 19.8 Å². The van der Waals surface area contributed by atoms with Crippen molar-refractivity contribution in [1.29, 1.82) is 5.26 Å². The van der Waals surface area contributed by atoms with Crippen LogP contribution in [-0.2, 0) is 4.79 Å². The Morgan fingerprint density at radius 2 is 2.24 bits per heavy atom. The van der Waals surface area contributed by atoms with Gasteiger partial charge in [0.25, 0.3) is 0 Å². The molecule has 1 N–H and O–H groups in total. The first-order chi connectivity index (χ1) is 8.08. The predicted molar refractivity (Wildman–Crippen MR) is 61.0 cm³/mol. The van der Waals surface area contributed by atoms with Crippen LogP contribution in [0, 0.1) is 17.1 Å². The van der Waals surface area contributed by atoms with E-state index in [1.807, 2.05) is 13.0 Å². The molecule has 3 nitrogen and oxygen atoms in total. The molecule has 0 fully saturated rings. The van der Waals surface area contributed by atoms with Gasteiger partial charge in [0.1, 0.15) is 5.82 Å². The maximum absolute atomic E-state index is 13.2. The molecule has 0 saturated carbocycles. The number of rotatable bonds is 5. The number of nitrogens with zero attached hydrogens (tertiary/aromatic N) is 1. The van der Waals surface area contributed by atoms with Crippen LogP contribution in [0.3, 0.4) is 0 Å². The van der Waals surface area contributed by atoms with Crippen LogP contribution in [0.2, 0.25) is 0 Å². The highest BCUT2D eigenvalue weighted by Gasteiger charge is 2.20. The number of halogens is 1. The van der Waals surface area contributed by atoms with Crippen LogP contribution in [0.15, 0.2) is 18.2 Å². The number of carboxylic acids is 1. The van der Waals surface area contributed by atoms with Crippen LogP contribution in [0.4, 0.5) is 4.39 Å². The summed E-state index contributed by atoms with van der Waals surface area (Å²) in [4.78, 5) is 11.1. The first kappa shape index (κ1) is 13.2. The Bertz CT molecular complexity index is 451. The molecule has 0 aliphatic heterocycles. The summed E-state index contributed by atoms with van der Waals surface area (Å²) in [7, 11) is 0. The zero-order valence-electron chi connectivity index (χ0n) is 9.61. The van der Waals surface area contributed by atoms with Crippen molar-refractivity contribution >= 4 is 5.97 Å². The van der Waals surface area contributed by atoms with E-state index in [2.05, 4.69) is 0 Å². The van der Waals surface area contributed by atoms with Gasteiger partial charge in [-0.3, -0.25) is 4.79 Å². The second kappa shape index (κ2) is 6.00. The lowest BCUT2D eigenvalue weighted by atomic mass is 9.92. The molecule has 1 unspecified atom stereocenters. The molecule has 1 atom stereocenters. The maximum Gasteiger partial charge on any atom is 0.310 e. The summed E-state index contributed by atoms with van der Waals surface area (Å²) in [6, 6.07) is 5.56. The molecule has 4 heteroatoms. The molecule has 0 radical (unpaired) electrons. The molecule has 1 aromatic rings. The van der Waals surface area contributed by atoms with Gasteiger partial charge >= 0.3 is 5.97 Å². The quantitative estimate of drug-likeness (QED) is 0.853. The van der Waals surface area contributed by atoms with Crippen LogP contribution in [0.1, 0.15) is 43.2 Å². The number of hydrogen-bond acceptors (Lipinski definition) is 2. The molecule has 1 aromatic carbocycles. The Labute approximate surface area is 99.5 Å². The van der Waals surface area contributed by atoms with Gasteiger partial charge in [-0.15, -0.1) is 0 Å². The molecule has 1 rings (SSSR count). The van der Waals surface area contributed by atoms with Crippen LogP contribution in [0.5, 0.6) is 0 Å². The summed E-state index contributed by atoms with van der Waals surface area (Å²) < 4.78 is 13.2. The number of nitriles is 1. The highest BCUT2D eigenvalue weighted by Crippen LogP contribution is 2.24. The van der Waals surface area contributed by atoms with E-state index in [0.29, 0.717) is 12.0 Å². The van der Waals surface area contributed by atoms with Crippen molar-refractivity contribution in [2.45, 2.75) is 32.1 Å². The minimum absolute atomic E-state index is 0.155. The minimum atomic E-state index is -0.979. The van der Waals surface area contributed by atoms with Gasteiger partial charge < -0.3 is 5.11 Å². The van der Waals surface area contributed by atoms with Crippen molar-refractivity contribution in [2.75, 3.05) is 0 Å². The molecule has 0 aromatic heterocycles. The van der Waals surface area contributed by atoms with Gasteiger partial charge in [0.05, 0.1) is 17.6 Å². The van der Waals surface area contributed by atoms with Crippen LogP contribution >= 0.6 is 0 Å². The van der Waals surface area contributed by atoms with Crippen LogP contribution in [-0.4, -0.2) is 11.1 Å². The first-order valence-corrected chi connectivity index (χ1v) is 5.52. The summed E-state index contributed by atoms with van der Waals surface area (Å²) in [5.74, 6) is -2.28. The highest BCUT2D eigenvalue weighted by molar-refractivity contribution is 5.76. The SMILES string of the molecule is CCCCC(C(=O)O)c1cc(F)cc(C#N)c1. The third-order valence-corrected chi connectivity index (χ3v) is 2.60. The zero-order chi connectivity index (χ0) is 12.8. The van der Waals surface area contributed by atoms with Gasteiger partial charge in [-0.2, -0.15) is 5.26 Å². The topological polar surface area (TPSA) is 61.1 Å². The molecular formula is C13H14FNO2. The average Bonchev–Trinajstić information content (AvgIpc) is 2.28. The van der Waals surface area contributed by atoms with Crippen molar-refractivity contribution in [1.82, 2.24) is 0 Å². The molecular weight excluding hydrogens is 221 g/mol. The standard InChI is InChI=1S/C13H14FNO2/c1-2-3-4-12(13(16)17)10-5-9(8-15)6-11(14)7-10/h5-7,12H,2-4H2,1H3,(H,16,17). The fourth-order valence-electron chi connectivity index (χ4n) is 1.72. The summed E-state index contributed by atoms with van der Waals surface area (Å²) in [6.07, 6.45) is 2.10. The largest absolute Gasteiger partial charge is 0.481 e. The molecule has 0 aliphatic carbocycles. The van der Waals surface area contributed by atoms with Gasteiger partial charge in [0.15, 0.2) is 0 Å². The zero-order valence-corrected chi connectivity index (χ0v) is 9.61. The van der Waals surface area contributed by atoms with E-state index in [1.165, 1.54) is 12.1 Å². The number of carboxylic acid groups (broad SMARTS) is 1. The molecule has 90 valence electrons. The third-order valence-electron chi connectivity index (χ3n) is 2.60. The molecule has 0 aliphatic rings. The Kier molecular flexibility index (Phi) is 4.65. The van der Waals surface area contributed by atoms with Gasteiger partial charge in [-0.25, -0.2) is 4.39 Å². The van der Waals surface area contributed by atoms with E-state index in [4.69, 9.17) is 10.4 Å².